The first-order valence-corrected chi connectivity index (χ1v) is 4.90. The number of hydrogen-bond donors (Lipinski definition) is 1. The number of aryl methyl sites for hydroxylation is 2. The number of aromatic nitrogens is 2. The maximum absolute atomic E-state index is 11.0. The van der Waals surface area contributed by atoms with Crippen molar-refractivity contribution in [3.05, 3.63) is 11.3 Å². The lowest BCUT2D eigenvalue weighted by molar-refractivity contribution is 0.0687. The average molecular weight is 212 g/mol. The maximum Gasteiger partial charge on any atom is 0.343 e. The minimum Gasteiger partial charge on any atom is -0.477 e. The maximum atomic E-state index is 11.0. The van der Waals surface area contributed by atoms with Crippen LogP contribution in [-0.2, 0) is 7.05 Å². The van der Waals surface area contributed by atoms with E-state index >= 15 is 0 Å². The van der Waals surface area contributed by atoms with Gasteiger partial charge in [0.15, 0.2) is 0 Å². The summed E-state index contributed by atoms with van der Waals surface area (Å²) in [5.41, 5.74) is 0.626. The molecule has 5 nitrogen and oxygen atoms in total. The lowest BCUT2D eigenvalue weighted by Crippen LogP contribution is -2.14. The van der Waals surface area contributed by atoms with Gasteiger partial charge in [-0.2, -0.15) is 5.10 Å². The zero-order valence-electron chi connectivity index (χ0n) is 9.44. The molecule has 1 heterocycles. The Balaban J connectivity index is 3.09. The Kier molecular flexibility index (Phi) is 3.34. The van der Waals surface area contributed by atoms with E-state index in [0.717, 1.165) is 6.42 Å². The summed E-state index contributed by atoms with van der Waals surface area (Å²) in [7, 11) is 1.68. The number of rotatable bonds is 4. The molecule has 1 aromatic rings. The van der Waals surface area contributed by atoms with Crippen LogP contribution in [0.1, 0.15) is 36.3 Å². The standard InChI is InChI=1S/C10H16N2O3/c1-5-6(2)15-9-8(10(13)14)7(3)11-12(9)4/h6H,5H2,1-4H3,(H,13,14). The van der Waals surface area contributed by atoms with Gasteiger partial charge in [-0.1, -0.05) is 6.92 Å². The van der Waals surface area contributed by atoms with E-state index in [1.165, 1.54) is 4.68 Å². The highest BCUT2D eigenvalue weighted by Gasteiger charge is 2.22. The number of aromatic carboxylic acids is 1. The molecule has 0 saturated carbocycles. The first-order valence-electron chi connectivity index (χ1n) is 4.90. The van der Waals surface area contributed by atoms with Crippen molar-refractivity contribution in [1.82, 2.24) is 9.78 Å². The molecule has 0 aliphatic rings. The van der Waals surface area contributed by atoms with Crippen LogP contribution in [0.5, 0.6) is 5.88 Å². The Labute approximate surface area is 88.7 Å². The molecule has 0 aromatic carbocycles. The molecule has 1 rings (SSSR count). The van der Waals surface area contributed by atoms with Crippen molar-refractivity contribution in [2.45, 2.75) is 33.3 Å². The third-order valence-electron chi connectivity index (χ3n) is 2.27. The van der Waals surface area contributed by atoms with E-state index in [2.05, 4.69) is 5.10 Å². The van der Waals surface area contributed by atoms with Crippen LogP contribution in [-0.4, -0.2) is 27.0 Å². The molecular weight excluding hydrogens is 196 g/mol. The first kappa shape index (κ1) is 11.6. The van der Waals surface area contributed by atoms with Crippen LogP contribution in [0, 0.1) is 6.92 Å². The molecule has 84 valence electrons. The van der Waals surface area contributed by atoms with Crippen molar-refractivity contribution >= 4 is 5.97 Å². The smallest absolute Gasteiger partial charge is 0.343 e. The zero-order valence-corrected chi connectivity index (χ0v) is 9.44. The van der Waals surface area contributed by atoms with Crippen molar-refractivity contribution in [2.24, 2.45) is 7.05 Å². The summed E-state index contributed by atoms with van der Waals surface area (Å²) in [6, 6.07) is 0. The summed E-state index contributed by atoms with van der Waals surface area (Å²) < 4.78 is 6.99. The molecule has 0 saturated heterocycles. The Hall–Kier alpha value is -1.52. The molecule has 0 radical (unpaired) electrons. The van der Waals surface area contributed by atoms with Crippen LogP contribution in [0.3, 0.4) is 0 Å². The molecule has 0 bridgehead atoms. The van der Waals surface area contributed by atoms with E-state index in [4.69, 9.17) is 9.84 Å². The molecule has 0 amide bonds. The van der Waals surface area contributed by atoms with Crippen molar-refractivity contribution in [1.29, 1.82) is 0 Å². The van der Waals surface area contributed by atoms with Crippen LogP contribution in [0.15, 0.2) is 0 Å². The van der Waals surface area contributed by atoms with Crippen molar-refractivity contribution in [3.63, 3.8) is 0 Å². The summed E-state index contributed by atoms with van der Waals surface area (Å²) in [5.74, 6) is -0.673. The molecule has 1 aromatic heterocycles. The van der Waals surface area contributed by atoms with Gasteiger partial charge in [-0.25, -0.2) is 9.48 Å². The molecule has 0 fully saturated rings. The second-order valence-electron chi connectivity index (χ2n) is 3.53. The topological polar surface area (TPSA) is 64.3 Å². The van der Waals surface area contributed by atoms with Gasteiger partial charge in [0.05, 0.1) is 11.8 Å². The lowest BCUT2D eigenvalue weighted by atomic mass is 10.2. The van der Waals surface area contributed by atoms with Gasteiger partial charge in [-0.15, -0.1) is 0 Å². The van der Waals surface area contributed by atoms with Crippen LogP contribution >= 0.6 is 0 Å². The second kappa shape index (κ2) is 4.33. The molecule has 0 aliphatic carbocycles. The molecule has 1 unspecified atom stereocenters. The van der Waals surface area contributed by atoms with Crippen molar-refractivity contribution in [2.75, 3.05) is 0 Å². The van der Waals surface area contributed by atoms with Crippen LogP contribution < -0.4 is 4.74 Å². The fourth-order valence-corrected chi connectivity index (χ4v) is 1.29. The molecule has 5 heteroatoms. The summed E-state index contributed by atoms with van der Waals surface area (Å²) in [6.45, 7) is 5.54. The highest BCUT2D eigenvalue weighted by Crippen LogP contribution is 2.22. The van der Waals surface area contributed by atoms with E-state index in [1.54, 1.807) is 14.0 Å². The largest absolute Gasteiger partial charge is 0.477 e. The van der Waals surface area contributed by atoms with E-state index < -0.39 is 5.97 Å². The lowest BCUT2D eigenvalue weighted by Gasteiger charge is -2.12. The Morgan fingerprint density at radius 2 is 2.27 bits per heavy atom. The minimum atomic E-state index is -1.00. The van der Waals surface area contributed by atoms with Gasteiger partial charge in [-0.3, -0.25) is 0 Å². The van der Waals surface area contributed by atoms with Gasteiger partial charge in [0, 0.05) is 7.05 Å². The van der Waals surface area contributed by atoms with Crippen LogP contribution in [0.2, 0.25) is 0 Å². The van der Waals surface area contributed by atoms with E-state index in [9.17, 15) is 4.79 Å². The van der Waals surface area contributed by atoms with Gasteiger partial charge in [0.1, 0.15) is 5.56 Å². The van der Waals surface area contributed by atoms with Crippen LogP contribution in [0.4, 0.5) is 0 Å². The van der Waals surface area contributed by atoms with Crippen molar-refractivity contribution in [3.8, 4) is 5.88 Å². The molecule has 0 aliphatic heterocycles. The third kappa shape index (κ3) is 2.29. The number of hydrogen-bond acceptors (Lipinski definition) is 3. The van der Waals surface area contributed by atoms with Gasteiger partial charge >= 0.3 is 5.97 Å². The normalized spacial score (nSPS) is 12.5. The number of carbonyl (C=O) groups is 1. The minimum absolute atomic E-state index is 0.0158. The van der Waals surface area contributed by atoms with Gasteiger partial charge < -0.3 is 9.84 Å². The fourth-order valence-electron chi connectivity index (χ4n) is 1.29. The summed E-state index contributed by atoms with van der Waals surface area (Å²) in [4.78, 5) is 11.0. The Morgan fingerprint density at radius 3 is 2.73 bits per heavy atom. The predicted molar refractivity (Wildman–Crippen MR) is 55.3 cm³/mol. The highest BCUT2D eigenvalue weighted by molar-refractivity contribution is 5.91. The quantitative estimate of drug-likeness (QED) is 0.823. The number of nitrogens with zero attached hydrogens (tertiary/aromatic N) is 2. The first-order chi connectivity index (χ1) is 6.97. The van der Waals surface area contributed by atoms with E-state index in [1.807, 2.05) is 13.8 Å². The van der Waals surface area contributed by atoms with E-state index in [-0.39, 0.29) is 11.7 Å². The second-order valence-corrected chi connectivity index (χ2v) is 3.53. The van der Waals surface area contributed by atoms with Gasteiger partial charge in [0.2, 0.25) is 5.88 Å². The zero-order chi connectivity index (χ0) is 11.6. The fraction of sp³-hybridized carbons (Fsp3) is 0.600. The number of carboxylic acid groups (broad SMARTS) is 1. The van der Waals surface area contributed by atoms with Crippen LogP contribution in [0.25, 0.3) is 0 Å². The van der Waals surface area contributed by atoms with Crippen molar-refractivity contribution < 1.29 is 14.6 Å². The molecule has 1 N–H and O–H groups in total. The summed E-state index contributed by atoms with van der Waals surface area (Å²) >= 11 is 0. The summed E-state index contributed by atoms with van der Waals surface area (Å²) in [6.07, 6.45) is 0.807. The Bertz CT molecular complexity index is 371. The molecule has 1 atom stereocenters. The number of carboxylic acids is 1. The highest BCUT2D eigenvalue weighted by atomic mass is 16.5. The van der Waals surface area contributed by atoms with Gasteiger partial charge in [-0.05, 0) is 20.3 Å². The molecular formula is C10H16N2O3. The third-order valence-corrected chi connectivity index (χ3v) is 2.27. The molecule has 0 spiro atoms. The summed E-state index contributed by atoms with van der Waals surface area (Å²) in [5, 5.41) is 13.0. The average Bonchev–Trinajstić information content (AvgIpc) is 2.41. The van der Waals surface area contributed by atoms with E-state index in [0.29, 0.717) is 11.6 Å². The Morgan fingerprint density at radius 1 is 1.67 bits per heavy atom. The number of ether oxygens (including phenoxy) is 1. The SMILES string of the molecule is CCC(C)Oc1c(C(=O)O)c(C)nn1C. The monoisotopic (exact) mass is 212 g/mol. The predicted octanol–water partition coefficient (Wildman–Crippen LogP) is 1.60. The molecule has 15 heavy (non-hydrogen) atoms. The van der Waals surface area contributed by atoms with Gasteiger partial charge in [0.25, 0.3) is 0 Å².